The molecule has 0 aromatic rings. The van der Waals surface area contributed by atoms with Gasteiger partial charge in [-0.25, -0.2) is 0 Å². The predicted octanol–water partition coefficient (Wildman–Crippen LogP) is -0.296. The second kappa shape index (κ2) is 6.11. The van der Waals surface area contributed by atoms with E-state index in [-0.39, 0.29) is 5.91 Å². The van der Waals surface area contributed by atoms with Crippen molar-refractivity contribution in [2.75, 3.05) is 40.3 Å². The first kappa shape index (κ1) is 12.5. The molecule has 1 unspecified atom stereocenters. The molecule has 0 saturated carbocycles. The first-order valence-corrected chi connectivity index (χ1v) is 5.71. The van der Waals surface area contributed by atoms with E-state index in [0.29, 0.717) is 12.6 Å². The van der Waals surface area contributed by atoms with Crippen molar-refractivity contribution in [1.29, 1.82) is 0 Å². The first-order chi connectivity index (χ1) is 7.13. The Morgan fingerprint density at radius 2 is 2.27 bits per heavy atom. The lowest BCUT2D eigenvalue weighted by atomic mass is 10.2. The summed E-state index contributed by atoms with van der Waals surface area (Å²) in [5.74, 6) is 2.17. The monoisotopic (exact) mass is 273 g/mol. The summed E-state index contributed by atoms with van der Waals surface area (Å²) in [5, 5.41) is 2.79. The molecule has 1 atom stereocenters. The maximum absolute atomic E-state index is 11.1. The van der Waals surface area contributed by atoms with Crippen molar-refractivity contribution in [2.45, 2.75) is 6.04 Å². The van der Waals surface area contributed by atoms with Gasteiger partial charge in [0.1, 0.15) is 0 Å². The van der Waals surface area contributed by atoms with Crippen LogP contribution in [0.25, 0.3) is 0 Å². The summed E-state index contributed by atoms with van der Waals surface area (Å²) in [6, 6.07) is 0.379. The molecule has 0 aliphatic carbocycles. The van der Waals surface area contributed by atoms with Gasteiger partial charge in [-0.05, 0) is 18.9 Å². The Hall–Kier alpha value is -0.570. The molecule has 1 amide bonds. The summed E-state index contributed by atoms with van der Waals surface area (Å²) in [7, 11) is 4.18. The number of likely N-dealkylation sites (N-methyl/N-ethyl adjacent to an activating group) is 2. The van der Waals surface area contributed by atoms with Gasteiger partial charge in [-0.1, -0.05) is 0 Å². The molecule has 1 heterocycles. The van der Waals surface area contributed by atoms with E-state index in [4.69, 9.17) is 0 Å². The van der Waals surface area contributed by atoms with E-state index in [9.17, 15) is 4.79 Å². The van der Waals surface area contributed by atoms with E-state index in [1.54, 1.807) is 0 Å². The van der Waals surface area contributed by atoms with Crippen molar-refractivity contribution >= 4 is 21.8 Å². The Balaban J connectivity index is 2.35. The van der Waals surface area contributed by atoms with Crippen LogP contribution in [0.5, 0.6) is 0 Å². The summed E-state index contributed by atoms with van der Waals surface area (Å²) in [6.45, 7) is 3.77. The van der Waals surface area contributed by atoms with Crippen molar-refractivity contribution < 1.29 is 4.79 Å². The third-order valence-electron chi connectivity index (χ3n) is 2.64. The molecule has 0 radical (unpaired) electrons. The smallest absolute Gasteiger partial charge is 0.296 e. The third kappa shape index (κ3) is 4.20. The standard InChI is InChI=1S/C10H16BrN3O/c1-13-5-6-14(2)9(8-13)7-12-10(15)3-4-11/h9H,5-8H2,1-2H3,(H,12,15). The lowest BCUT2D eigenvalue weighted by molar-refractivity contribution is -0.116. The van der Waals surface area contributed by atoms with E-state index >= 15 is 0 Å². The van der Waals surface area contributed by atoms with Crippen LogP contribution >= 0.6 is 15.9 Å². The number of nitrogens with one attached hydrogen (secondary N) is 1. The zero-order valence-electron chi connectivity index (χ0n) is 9.09. The number of piperazine rings is 1. The fourth-order valence-corrected chi connectivity index (χ4v) is 1.80. The van der Waals surface area contributed by atoms with Crippen LogP contribution in [0, 0.1) is 10.8 Å². The molecule has 1 aliphatic heterocycles. The minimum atomic E-state index is -0.228. The van der Waals surface area contributed by atoms with E-state index < -0.39 is 0 Å². The van der Waals surface area contributed by atoms with Gasteiger partial charge >= 0.3 is 0 Å². The molecule has 1 saturated heterocycles. The number of hydrogen-bond donors (Lipinski definition) is 1. The summed E-state index contributed by atoms with van der Waals surface area (Å²) in [6.07, 6.45) is 0. The van der Waals surface area contributed by atoms with Crippen LogP contribution in [0.4, 0.5) is 0 Å². The predicted molar refractivity (Wildman–Crippen MR) is 63.6 cm³/mol. The highest BCUT2D eigenvalue weighted by atomic mass is 79.9. The van der Waals surface area contributed by atoms with E-state index in [1.165, 1.54) is 0 Å². The summed E-state index contributed by atoms with van der Waals surface area (Å²) in [4.78, 5) is 18.1. The van der Waals surface area contributed by atoms with Crippen LogP contribution in [-0.4, -0.2) is 62.0 Å². The van der Waals surface area contributed by atoms with Gasteiger partial charge in [0.15, 0.2) is 0 Å². The molecule has 5 heteroatoms. The molecule has 1 rings (SSSR count). The lowest BCUT2D eigenvalue weighted by Gasteiger charge is -2.37. The van der Waals surface area contributed by atoms with Gasteiger partial charge in [0.2, 0.25) is 0 Å². The topological polar surface area (TPSA) is 35.6 Å². The summed E-state index contributed by atoms with van der Waals surface area (Å²) < 4.78 is 0. The van der Waals surface area contributed by atoms with Gasteiger partial charge in [0.25, 0.3) is 5.91 Å². The molecule has 84 valence electrons. The van der Waals surface area contributed by atoms with Crippen molar-refractivity contribution in [1.82, 2.24) is 15.1 Å². The van der Waals surface area contributed by atoms with Gasteiger partial charge in [-0.3, -0.25) is 9.69 Å². The summed E-state index contributed by atoms with van der Waals surface area (Å²) in [5.41, 5.74) is 0. The molecule has 1 N–H and O–H groups in total. The lowest BCUT2D eigenvalue weighted by Crippen LogP contribution is -2.54. The van der Waals surface area contributed by atoms with Crippen molar-refractivity contribution in [3.05, 3.63) is 0 Å². The minimum Gasteiger partial charge on any atom is -0.344 e. The molecule has 15 heavy (non-hydrogen) atoms. The van der Waals surface area contributed by atoms with Crippen LogP contribution in [0.3, 0.4) is 0 Å². The van der Waals surface area contributed by atoms with Gasteiger partial charge in [0.05, 0.1) is 0 Å². The van der Waals surface area contributed by atoms with Crippen LogP contribution in [0.1, 0.15) is 0 Å². The largest absolute Gasteiger partial charge is 0.344 e. The highest BCUT2D eigenvalue weighted by molar-refractivity contribution is 9.12. The third-order valence-corrected chi connectivity index (χ3v) is 2.84. The summed E-state index contributed by atoms with van der Waals surface area (Å²) >= 11 is 2.90. The number of nitrogens with zero attached hydrogens (tertiary/aromatic N) is 2. The molecule has 4 nitrogen and oxygen atoms in total. The SMILES string of the molecule is CN1CCN(C)C(CNC(=O)C#CBr)C1. The number of carbonyl (C=O) groups excluding carboxylic acids is 1. The quantitative estimate of drug-likeness (QED) is 0.703. The molecule has 0 spiro atoms. The second-order valence-corrected chi connectivity index (χ2v) is 4.22. The van der Waals surface area contributed by atoms with Gasteiger partial charge in [-0.2, -0.15) is 0 Å². The molecule has 0 aromatic heterocycles. The van der Waals surface area contributed by atoms with Crippen LogP contribution in [0.15, 0.2) is 0 Å². The Labute approximate surface area is 99.1 Å². The van der Waals surface area contributed by atoms with Gasteiger partial charge < -0.3 is 10.2 Å². The normalized spacial score (nSPS) is 23.0. The van der Waals surface area contributed by atoms with E-state index in [0.717, 1.165) is 19.6 Å². The Kier molecular flexibility index (Phi) is 5.09. The maximum Gasteiger partial charge on any atom is 0.296 e. The number of rotatable bonds is 2. The van der Waals surface area contributed by atoms with Gasteiger partial charge in [0, 0.05) is 54.1 Å². The number of hydrogen-bond acceptors (Lipinski definition) is 3. The molecular weight excluding hydrogens is 258 g/mol. The molecule has 0 aromatic carbocycles. The average molecular weight is 274 g/mol. The minimum absolute atomic E-state index is 0.228. The molecule has 1 aliphatic rings. The number of halogens is 1. The van der Waals surface area contributed by atoms with Crippen LogP contribution < -0.4 is 5.32 Å². The zero-order valence-corrected chi connectivity index (χ0v) is 10.7. The fraction of sp³-hybridized carbons (Fsp3) is 0.700. The molecule has 1 fully saturated rings. The Morgan fingerprint density at radius 3 is 2.93 bits per heavy atom. The number of amides is 1. The Morgan fingerprint density at radius 1 is 1.53 bits per heavy atom. The zero-order chi connectivity index (χ0) is 11.3. The van der Waals surface area contributed by atoms with Crippen molar-refractivity contribution in [2.24, 2.45) is 0 Å². The van der Waals surface area contributed by atoms with Crippen LogP contribution in [-0.2, 0) is 4.79 Å². The highest BCUT2D eigenvalue weighted by Gasteiger charge is 2.21. The van der Waals surface area contributed by atoms with E-state index in [2.05, 4.69) is 55.9 Å². The van der Waals surface area contributed by atoms with Crippen LogP contribution in [0.2, 0.25) is 0 Å². The number of carbonyl (C=O) groups is 1. The van der Waals surface area contributed by atoms with Gasteiger partial charge in [-0.15, -0.1) is 0 Å². The van der Waals surface area contributed by atoms with E-state index in [1.807, 2.05) is 0 Å². The first-order valence-electron chi connectivity index (χ1n) is 4.91. The van der Waals surface area contributed by atoms with Crippen molar-refractivity contribution in [3.63, 3.8) is 0 Å². The maximum atomic E-state index is 11.1. The van der Waals surface area contributed by atoms with Crippen molar-refractivity contribution in [3.8, 4) is 10.8 Å². The molecular formula is C10H16BrN3O. The molecule has 0 bridgehead atoms. The highest BCUT2D eigenvalue weighted by Crippen LogP contribution is 2.04. The fourth-order valence-electron chi connectivity index (χ4n) is 1.62. The average Bonchev–Trinajstić information content (AvgIpc) is 2.20. The second-order valence-electron chi connectivity index (χ2n) is 3.83. The Bertz CT molecular complexity index is 284.